The van der Waals surface area contributed by atoms with Crippen LogP contribution in [-0.2, 0) is 19.7 Å². The third kappa shape index (κ3) is 10.5. The van der Waals surface area contributed by atoms with Crippen LogP contribution in [0, 0.1) is 0 Å². The Kier molecular flexibility index (Phi) is 15.1. The second-order valence-corrected chi connectivity index (χ2v) is 16.9. The summed E-state index contributed by atoms with van der Waals surface area (Å²) < 4.78 is 12.4. The van der Waals surface area contributed by atoms with Crippen molar-refractivity contribution < 1.29 is 23.9 Å². The topological polar surface area (TPSA) is 151 Å². The van der Waals surface area contributed by atoms with Gasteiger partial charge in [0.2, 0.25) is 5.91 Å². The fourth-order valence-corrected chi connectivity index (χ4v) is 9.04. The number of hydrogen-bond acceptors (Lipinski definition) is 12. The Morgan fingerprint density at radius 1 is 0.968 bits per heavy atom. The minimum absolute atomic E-state index is 0.0532. The Morgan fingerprint density at radius 3 is 2.44 bits per heavy atom. The number of halogens is 2. The van der Waals surface area contributed by atoms with Crippen molar-refractivity contribution in [2.24, 2.45) is 0 Å². The standard InChI is InChI=1S/C46H54Cl2N10O5/c1-5-63-44(60)32(2)56-24-25-57(41(30-56)34-10-9-20-49-28-34)51-45(61)46(36-11-7-6-8-12-36)18-22-55(23-19-46)21-17-35(33-13-15-39(47)40(48)26-33)29-54(3)43(59)38-27-37(14-16-42(38)62-4)58-31-50-52-53-58/h6-16,20,26-28,31-32,35,41H,5,17-19,21-25,29-30H2,1-4H3,(H,51,61). The summed E-state index contributed by atoms with van der Waals surface area (Å²) in [4.78, 5) is 52.3. The van der Waals surface area contributed by atoms with E-state index in [0.717, 1.165) is 23.2 Å². The molecule has 1 N–H and O–H groups in total. The maximum Gasteiger partial charge on any atom is 0.323 e. The monoisotopic (exact) mass is 896 g/mol. The van der Waals surface area contributed by atoms with E-state index >= 15 is 0 Å². The number of tetrazole rings is 1. The molecule has 2 fully saturated rings. The number of amides is 2. The zero-order valence-electron chi connectivity index (χ0n) is 36.1. The van der Waals surface area contributed by atoms with Crippen molar-refractivity contribution >= 4 is 41.0 Å². The Labute approximate surface area is 378 Å². The van der Waals surface area contributed by atoms with Crippen LogP contribution in [0.4, 0.5) is 0 Å². The van der Waals surface area contributed by atoms with E-state index in [4.69, 9.17) is 32.7 Å². The van der Waals surface area contributed by atoms with E-state index in [0.29, 0.717) is 92.2 Å². The summed E-state index contributed by atoms with van der Waals surface area (Å²) in [6.07, 6.45) is 6.94. The predicted molar refractivity (Wildman–Crippen MR) is 240 cm³/mol. The highest BCUT2D eigenvalue weighted by molar-refractivity contribution is 6.42. The second-order valence-electron chi connectivity index (χ2n) is 16.1. The highest BCUT2D eigenvalue weighted by atomic mass is 35.5. The fraction of sp³-hybridized carbons (Fsp3) is 0.413. The van der Waals surface area contributed by atoms with E-state index in [9.17, 15) is 14.4 Å². The van der Waals surface area contributed by atoms with Crippen molar-refractivity contribution in [3.63, 3.8) is 0 Å². The minimum Gasteiger partial charge on any atom is -0.496 e. The van der Waals surface area contributed by atoms with Crippen molar-refractivity contribution in [2.45, 2.75) is 56.5 Å². The number of methoxy groups -OCH3 is 1. The summed E-state index contributed by atoms with van der Waals surface area (Å²) in [5.74, 6) is -0.191. The molecule has 0 radical (unpaired) electrons. The molecule has 2 amide bonds. The number of benzene rings is 3. The Morgan fingerprint density at radius 2 is 1.76 bits per heavy atom. The largest absolute Gasteiger partial charge is 0.496 e. The molecule has 2 aliphatic heterocycles. The SMILES string of the molecule is CCOC(=O)C(C)N1CCN(NC(=O)C2(c3ccccc3)CCN(CCC(CN(C)C(=O)c3cc(-n4cnnn4)ccc3OC)c3ccc(Cl)c(Cl)c3)CC2)C(c2cccnc2)C1. The number of nitrogens with one attached hydrogen (secondary N) is 1. The number of likely N-dealkylation sites (N-methyl/N-ethyl adjacent to an activating group) is 1. The lowest BCUT2D eigenvalue weighted by Crippen LogP contribution is -2.61. The molecule has 0 spiro atoms. The number of piperidine rings is 1. The van der Waals surface area contributed by atoms with Crippen molar-refractivity contribution in [3.8, 4) is 11.4 Å². The van der Waals surface area contributed by atoms with Crippen molar-refractivity contribution in [3.05, 3.63) is 130 Å². The molecule has 2 aromatic heterocycles. The van der Waals surface area contributed by atoms with Gasteiger partial charge in [-0.1, -0.05) is 65.7 Å². The number of hydrogen-bond donors (Lipinski definition) is 1. The first-order chi connectivity index (χ1) is 30.5. The number of pyridine rings is 1. The molecule has 17 heteroatoms. The zero-order chi connectivity index (χ0) is 44.5. The maximum absolute atomic E-state index is 14.9. The number of piperazine rings is 1. The van der Waals surface area contributed by atoms with Gasteiger partial charge in [0.1, 0.15) is 18.1 Å². The third-order valence-electron chi connectivity index (χ3n) is 12.4. The predicted octanol–water partition coefficient (Wildman–Crippen LogP) is 5.99. The molecule has 4 heterocycles. The molecule has 332 valence electrons. The Hall–Kier alpha value is -5.45. The first-order valence-corrected chi connectivity index (χ1v) is 22.0. The van der Waals surface area contributed by atoms with Crippen LogP contribution in [0.3, 0.4) is 0 Å². The van der Waals surface area contributed by atoms with E-state index in [1.165, 1.54) is 18.1 Å². The fourth-order valence-electron chi connectivity index (χ4n) is 8.73. The molecular formula is C46H54Cl2N10O5. The number of carbonyl (C=O) groups excluding carboxylic acids is 3. The summed E-state index contributed by atoms with van der Waals surface area (Å²) >= 11 is 12.9. The number of likely N-dealkylation sites (tertiary alicyclic amines) is 1. The summed E-state index contributed by atoms with van der Waals surface area (Å²) in [6.45, 7) is 8.07. The first-order valence-electron chi connectivity index (χ1n) is 21.3. The molecule has 0 aliphatic carbocycles. The lowest BCUT2D eigenvalue weighted by atomic mass is 9.72. The van der Waals surface area contributed by atoms with Crippen LogP contribution in [0.15, 0.2) is 97.6 Å². The highest BCUT2D eigenvalue weighted by Gasteiger charge is 2.45. The molecule has 7 rings (SSSR count). The number of aromatic nitrogens is 5. The average Bonchev–Trinajstić information content (AvgIpc) is 3.87. The van der Waals surface area contributed by atoms with Gasteiger partial charge in [0.25, 0.3) is 5.91 Å². The maximum atomic E-state index is 14.9. The van der Waals surface area contributed by atoms with Crippen molar-refractivity contribution in [1.29, 1.82) is 0 Å². The van der Waals surface area contributed by atoms with Crippen molar-refractivity contribution in [1.82, 2.24) is 50.3 Å². The third-order valence-corrected chi connectivity index (χ3v) is 13.2. The number of hydrazine groups is 1. The quantitative estimate of drug-likeness (QED) is 0.116. The second kappa shape index (κ2) is 20.8. The van der Waals surface area contributed by atoms with E-state index in [2.05, 4.69) is 35.7 Å². The van der Waals surface area contributed by atoms with Gasteiger partial charge in [-0.3, -0.25) is 29.7 Å². The van der Waals surface area contributed by atoms with Crippen LogP contribution >= 0.6 is 23.2 Å². The molecule has 63 heavy (non-hydrogen) atoms. The van der Waals surface area contributed by atoms with Gasteiger partial charge in [-0.25, -0.2) is 9.69 Å². The van der Waals surface area contributed by atoms with Gasteiger partial charge in [0, 0.05) is 51.5 Å². The molecule has 2 aliphatic rings. The van der Waals surface area contributed by atoms with Crippen LogP contribution in [0.1, 0.15) is 72.1 Å². The van der Waals surface area contributed by atoms with Gasteiger partial charge < -0.3 is 19.3 Å². The number of rotatable bonds is 16. The first kappa shape index (κ1) is 45.6. The van der Waals surface area contributed by atoms with Crippen LogP contribution in [0.25, 0.3) is 5.69 Å². The van der Waals surface area contributed by atoms with Gasteiger partial charge in [-0.05, 0) is 116 Å². The average molecular weight is 898 g/mol. The van der Waals surface area contributed by atoms with Crippen LogP contribution in [0.2, 0.25) is 10.0 Å². The van der Waals surface area contributed by atoms with Gasteiger partial charge in [-0.2, -0.15) is 0 Å². The number of nitrogens with zero attached hydrogens (tertiary/aromatic N) is 9. The van der Waals surface area contributed by atoms with E-state index < -0.39 is 11.5 Å². The van der Waals surface area contributed by atoms with Crippen LogP contribution < -0.4 is 10.2 Å². The highest BCUT2D eigenvalue weighted by Crippen LogP contribution is 2.38. The molecule has 3 unspecified atom stereocenters. The van der Waals surface area contributed by atoms with Gasteiger partial charge in [-0.15, -0.1) is 5.10 Å². The molecule has 15 nitrogen and oxygen atoms in total. The normalized spacial score (nSPS) is 18.0. The molecule has 5 aromatic rings. The summed E-state index contributed by atoms with van der Waals surface area (Å²) in [5.41, 5.74) is 6.49. The smallest absolute Gasteiger partial charge is 0.323 e. The Balaban J connectivity index is 1.06. The summed E-state index contributed by atoms with van der Waals surface area (Å²) in [6, 6.07) is 24.2. The lowest BCUT2D eigenvalue weighted by Gasteiger charge is -2.46. The molecular weight excluding hydrogens is 843 g/mol. The van der Waals surface area contributed by atoms with Crippen molar-refractivity contribution in [2.75, 3.05) is 66.6 Å². The van der Waals surface area contributed by atoms with E-state index in [-0.39, 0.29) is 29.7 Å². The minimum atomic E-state index is -0.780. The van der Waals surface area contributed by atoms with Crippen LogP contribution in [-0.4, -0.2) is 135 Å². The lowest BCUT2D eigenvalue weighted by molar-refractivity contribution is -0.151. The number of esters is 1. The van der Waals surface area contributed by atoms with Gasteiger partial charge in [0.05, 0.1) is 46.5 Å². The van der Waals surface area contributed by atoms with E-state index in [1.54, 1.807) is 42.4 Å². The van der Waals surface area contributed by atoms with Gasteiger partial charge in [0.15, 0.2) is 0 Å². The summed E-state index contributed by atoms with van der Waals surface area (Å²) in [7, 11) is 3.32. The van der Waals surface area contributed by atoms with Crippen LogP contribution in [0.5, 0.6) is 5.75 Å². The molecule has 2 saturated heterocycles. The zero-order valence-corrected chi connectivity index (χ0v) is 37.6. The van der Waals surface area contributed by atoms with Gasteiger partial charge >= 0.3 is 5.97 Å². The Bertz CT molecular complexity index is 2320. The summed E-state index contributed by atoms with van der Waals surface area (Å²) in [5, 5.41) is 14.3. The molecule has 0 bridgehead atoms. The molecule has 3 atom stereocenters. The molecule has 3 aromatic carbocycles. The number of carbonyl (C=O) groups is 3. The number of ether oxygens (including phenoxy) is 2. The molecule has 0 saturated carbocycles. The van der Waals surface area contributed by atoms with E-state index in [1.807, 2.05) is 79.7 Å².